The van der Waals surface area contributed by atoms with Gasteiger partial charge in [-0.1, -0.05) is 0 Å². The molecule has 0 aromatic rings. The molecule has 4 heavy (non-hydrogen) atoms. The zero-order chi connectivity index (χ0) is 0. The minimum atomic E-state index is 0. The SMILES string of the molecule is [O-2].[O-2].[Sc+3].[Sc+3]. The first kappa shape index (κ1) is 44.6. The van der Waals surface area contributed by atoms with E-state index in [0.29, 0.717) is 0 Å². The van der Waals surface area contributed by atoms with E-state index in [2.05, 4.69) is 0 Å². The predicted molar refractivity (Wildman–Crippen MR) is 1.37 cm³/mol. The molecule has 0 bridgehead atoms. The van der Waals surface area contributed by atoms with Gasteiger partial charge in [-0.25, -0.2) is 0 Å². The molecule has 0 aromatic carbocycles. The molecule has 0 aliphatic rings. The minimum Gasteiger partial charge on any atom is -2.00 e. The monoisotopic (exact) mass is 122 g/mol. The predicted octanol–water partition coefficient (Wildman–Crippen LogP) is -0.243. The van der Waals surface area contributed by atoms with E-state index in [1.165, 1.54) is 0 Å². The molecule has 0 saturated carbocycles. The van der Waals surface area contributed by atoms with Crippen LogP contribution in [0.1, 0.15) is 0 Å². The van der Waals surface area contributed by atoms with Crippen LogP contribution in [-0.2, 0) is 62.6 Å². The average Bonchev–Trinajstić information content (AvgIpc) is 0. The first-order chi connectivity index (χ1) is 0. The molecular formula is O2Sc2+2. The molecule has 0 atom stereocenters. The second-order valence-electron chi connectivity index (χ2n) is 0. The molecule has 16 valence electrons. The smallest absolute Gasteiger partial charge is 2.00 e. The van der Waals surface area contributed by atoms with Gasteiger partial charge >= 0.3 is 51.7 Å². The topological polar surface area (TPSA) is 57.0 Å². The molecule has 2 nitrogen and oxygen atoms in total. The molecule has 0 aromatic heterocycles. The average molecular weight is 122 g/mol. The van der Waals surface area contributed by atoms with Crippen molar-refractivity contribution in [2.24, 2.45) is 0 Å². The molecule has 0 N–H and O–H groups in total. The molecule has 0 rings (SSSR count). The van der Waals surface area contributed by atoms with Gasteiger partial charge in [0.25, 0.3) is 0 Å². The molecule has 0 radical (unpaired) electrons. The maximum absolute atomic E-state index is 0. The summed E-state index contributed by atoms with van der Waals surface area (Å²) in [4.78, 5) is 0. The summed E-state index contributed by atoms with van der Waals surface area (Å²) in [5.74, 6) is 0. The zero-order valence-electron chi connectivity index (χ0n) is 1.97. The van der Waals surface area contributed by atoms with Crippen LogP contribution in [0.25, 0.3) is 0 Å². The van der Waals surface area contributed by atoms with Gasteiger partial charge in [0.05, 0.1) is 0 Å². The van der Waals surface area contributed by atoms with E-state index in [4.69, 9.17) is 0 Å². The van der Waals surface area contributed by atoms with E-state index < -0.39 is 0 Å². The standard InChI is InChI=1S/2O.2Sc/q2*-2;2*+3. The van der Waals surface area contributed by atoms with E-state index >= 15 is 0 Å². The summed E-state index contributed by atoms with van der Waals surface area (Å²) in [6.45, 7) is 0. The third-order valence-electron chi connectivity index (χ3n) is 0. The van der Waals surface area contributed by atoms with Gasteiger partial charge < -0.3 is 11.0 Å². The van der Waals surface area contributed by atoms with Gasteiger partial charge in [0.15, 0.2) is 0 Å². The Bertz CT molecular complexity index is 4.00. The first-order valence-electron chi connectivity index (χ1n) is 0. The van der Waals surface area contributed by atoms with Crippen molar-refractivity contribution in [1.29, 1.82) is 0 Å². The fraction of sp³-hybridized carbons (Fsp3) is 0. The van der Waals surface area contributed by atoms with Crippen LogP contribution in [0, 0.1) is 0 Å². The molecule has 0 aliphatic carbocycles. The molecule has 0 spiro atoms. The van der Waals surface area contributed by atoms with Gasteiger partial charge in [0.2, 0.25) is 0 Å². The maximum atomic E-state index is 0. The molecule has 0 saturated heterocycles. The van der Waals surface area contributed by atoms with Crippen molar-refractivity contribution in [3.8, 4) is 0 Å². The van der Waals surface area contributed by atoms with Gasteiger partial charge in [0.1, 0.15) is 0 Å². The second-order valence-corrected chi connectivity index (χ2v) is 0. The Kier molecular flexibility index (Phi) is 253. The molecule has 0 unspecified atom stereocenters. The Balaban J connectivity index is 0. The summed E-state index contributed by atoms with van der Waals surface area (Å²) in [7, 11) is 0. The second kappa shape index (κ2) is 22.7. The zero-order valence-corrected chi connectivity index (χ0v) is 5.58. The molecule has 0 amide bonds. The van der Waals surface area contributed by atoms with Crippen molar-refractivity contribution < 1.29 is 62.6 Å². The van der Waals surface area contributed by atoms with Crippen LogP contribution in [-0.4, -0.2) is 0 Å². The third kappa shape index (κ3) is 9.40. The van der Waals surface area contributed by atoms with E-state index in [0.717, 1.165) is 0 Å². The Morgan fingerprint density at radius 1 is 0.500 bits per heavy atom. The van der Waals surface area contributed by atoms with Crippen molar-refractivity contribution in [1.82, 2.24) is 0 Å². The largest absolute Gasteiger partial charge is 3.00 e. The summed E-state index contributed by atoms with van der Waals surface area (Å²) in [5, 5.41) is 0. The summed E-state index contributed by atoms with van der Waals surface area (Å²) in [5.41, 5.74) is 0. The summed E-state index contributed by atoms with van der Waals surface area (Å²) < 4.78 is 0. The van der Waals surface area contributed by atoms with Crippen molar-refractivity contribution in [2.75, 3.05) is 0 Å². The minimum absolute atomic E-state index is 0. The molecular weight excluding hydrogens is 122 g/mol. The summed E-state index contributed by atoms with van der Waals surface area (Å²) in [6, 6.07) is 0. The molecule has 4 heteroatoms. The van der Waals surface area contributed by atoms with Gasteiger partial charge in [0, 0.05) is 0 Å². The van der Waals surface area contributed by atoms with Crippen molar-refractivity contribution >= 4 is 0 Å². The normalized spacial score (nSPS) is 0. The van der Waals surface area contributed by atoms with Gasteiger partial charge in [-0.2, -0.15) is 0 Å². The Labute approximate surface area is 62.1 Å². The van der Waals surface area contributed by atoms with Gasteiger partial charge in [-0.05, 0) is 0 Å². The van der Waals surface area contributed by atoms with Gasteiger partial charge in [-0.15, -0.1) is 0 Å². The van der Waals surface area contributed by atoms with E-state index in [-0.39, 0.29) is 62.6 Å². The Morgan fingerprint density at radius 3 is 0.500 bits per heavy atom. The Morgan fingerprint density at radius 2 is 0.500 bits per heavy atom. The van der Waals surface area contributed by atoms with Crippen LogP contribution in [0.2, 0.25) is 0 Å². The fourth-order valence-corrected chi connectivity index (χ4v) is 0. The van der Waals surface area contributed by atoms with Crippen molar-refractivity contribution in [2.45, 2.75) is 0 Å². The quantitative estimate of drug-likeness (QED) is 0.425. The van der Waals surface area contributed by atoms with Crippen LogP contribution < -0.4 is 0 Å². The maximum Gasteiger partial charge on any atom is 3.00 e. The van der Waals surface area contributed by atoms with E-state index in [1.807, 2.05) is 0 Å². The number of hydrogen-bond acceptors (Lipinski definition) is 0. The molecule has 0 heterocycles. The van der Waals surface area contributed by atoms with Crippen LogP contribution in [0.15, 0.2) is 0 Å². The third-order valence-corrected chi connectivity index (χ3v) is 0. The fourth-order valence-electron chi connectivity index (χ4n) is 0. The summed E-state index contributed by atoms with van der Waals surface area (Å²) in [6.07, 6.45) is 0. The first-order valence-corrected chi connectivity index (χ1v) is 0. The van der Waals surface area contributed by atoms with Crippen molar-refractivity contribution in [3.05, 3.63) is 0 Å². The van der Waals surface area contributed by atoms with Gasteiger partial charge in [-0.3, -0.25) is 0 Å². The van der Waals surface area contributed by atoms with E-state index in [1.54, 1.807) is 0 Å². The van der Waals surface area contributed by atoms with E-state index in [9.17, 15) is 0 Å². The van der Waals surface area contributed by atoms with Crippen LogP contribution in [0.4, 0.5) is 0 Å². The molecule has 0 aliphatic heterocycles. The summed E-state index contributed by atoms with van der Waals surface area (Å²) >= 11 is 0. The molecule has 0 fully saturated rings. The van der Waals surface area contributed by atoms with Crippen LogP contribution in [0.5, 0.6) is 0 Å². The Hall–Kier alpha value is 1.66. The van der Waals surface area contributed by atoms with Crippen LogP contribution in [0.3, 0.4) is 0 Å². The number of rotatable bonds is 0. The van der Waals surface area contributed by atoms with Crippen LogP contribution >= 0.6 is 0 Å². The number of hydrogen-bond donors (Lipinski definition) is 0. The van der Waals surface area contributed by atoms with Crippen molar-refractivity contribution in [3.63, 3.8) is 0 Å².